The molecule has 0 aliphatic carbocycles. The fraction of sp³-hybridized carbons (Fsp3) is 0.231. The average Bonchev–Trinajstić information content (AvgIpc) is 3.73. The van der Waals surface area contributed by atoms with E-state index in [1.54, 1.807) is 0 Å². The van der Waals surface area contributed by atoms with E-state index < -0.39 is 7.92 Å². The molecule has 0 unspecified atom stereocenters. The largest absolute Gasteiger partial charge is 0.366 e. The minimum absolute atomic E-state index is 0.567. The van der Waals surface area contributed by atoms with E-state index in [4.69, 9.17) is 0 Å². The van der Waals surface area contributed by atoms with Crippen LogP contribution in [0.5, 0.6) is 0 Å². The van der Waals surface area contributed by atoms with Crippen LogP contribution in [0.3, 0.4) is 0 Å². The van der Waals surface area contributed by atoms with Crippen molar-refractivity contribution in [2.75, 3.05) is 31.1 Å². The van der Waals surface area contributed by atoms with Crippen molar-refractivity contribution in [1.29, 1.82) is 0 Å². The molecule has 42 heavy (non-hydrogen) atoms. The zero-order valence-electron chi connectivity index (χ0n) is 24.1. The first-order valence-corrected chi connectivity index (χ1v) is 16.9. The number of fused-ring (bicyclic) bond motifs is 3. The van der Waals surface area contributed by atoms with Crippen LogP contribution in [0.15, 0.2) is 121 Å². The SMILES string of the molecule is c1ccc2cc(P(c3ccc4ccccc4c3)c3ccc4ccccc4c3N3CCC[C@H]3CN3CCCC3)ccc2c1. The van der Waals surface area contributed by atoms with Gasteiger partial charge in [0.05, 0.1) is 5.69 Å². The van der Waals surface area contributed by atoms with Gasteiger partial charge in [0, 0.05) is 29.8 Å². The van der Waals surface area contributed by atoms with Crippen molar-refractivity contribution in [2.24, 2.45) is 0 Å². The molecule has 2 aliphatic rings. The van der Waals surface area contributed by atoms with Gasteiger partial charge in [0.2, 0.25) is 0 Å². The second-order valence-corrected chi connectivity index (χ2v) is 14.2. The molecule has 0 radical (unpaired) electrons. The lowest BCUT2D eigenvalue weighted by Gasteiger charge is -2.34. The molecule has 2 nitrogen and oxygen atoms in total. The smallest absolute Gasteiger partial charge is 0.0533 e. The molecule has 0 aromatic heterocycles. The van der Waals surface area contributed by atoms with Crippen molar-refractivity contribution in [2.45, 2.75) is 31.7 Å². The van der Waals surface area contributed by atoms with Gasteiger partial charge in [-0.05, 0) is 96.4 Å². The quantitative estimate of drug-likeness (QED) is 0.189. The maximum absolute atomic E-state index is 2.81. The summed E-state index contributed by atoms with van der Waals surface area (Å²) in [6, 6.07) is 46.5. The second-order valence-electron chi connectivity index (χ2n) is 12.0. The molecular formula is C39H37N2P. The third-order valence-corrected chi connectivity index (χ3v) is 11.9. The van der Waals surface area contributed by atoms with Crippen LogP contribution in [0.2, 0.25) is 0 Å². The van der Waals surface area contributed by atoms with Crippen LogP contribution in [0, 0.1) is 0 Å². The van der Waals surface area contributed by atoms with E-state index in [9.17, 15) is 0 Å². The van der Waals surface area contributed by atoms with Crippen molar-refractivity contribution < 1.29 is 0 Å². The molecule has 0 N–H and O–H groups in total. The summed E-state index contributed by atoms with van der Waals surface area (Å²) < 4.78 is 0. The van der Waals surface area contributed by atoms with E-state index >= 15 is 0 Å². The average molecular weight is 565 g/mol. The summed E-state index contributed by atoms with van der Waals surface area (Å²) in [5.74, 6) is 0. The van der Waals surface area contributed by atoms with Crippen LogP contribution in [-0.2, 0) is 0 Å². The lowest BCUT2D eigenvalue weighted by molar-refractivity contribution is 0.314. The zero-order valence-corrected chi connectivity index (χ0v) is 25.0. The van der Waals surface area contributed by atoms with Gasteiger partial charge in [-0.2, -0.15) is 0 Å². The summed E-state index contributed by atoms with van der Waals surface area (Å²) in [6.07, 6.45) is 5.25. The maximum atomic E-state index is 2.81. The summed E-state index contributed by atoms with van der Waals surface area (Å²) in [6.45, 7) is 4.84. The van der Waals surface area contributed by atoms with Gasteiger partial charge < -0.3 is 9.80 Å². The van der Waals surface area contributed by atoms with Crippen LogP contribution in [0.4, 0.5) is 5.69 Å². The van der Waals surface area contributed by atoms with Gasteiger partial charge in [-0.3, -0.25) is 0 Å². The highest BCUT2D eigenvalue weighted by Crippen LogP contribution is 2.43. The van der Waals surface area contributed by atoms with Gasteiger partial charge >= 0.3 is 0 Å². The molecule has 0 saturated carbocycles. The Morgan fingerprint density at radius 3 is 1.79 bits per heavy atom. The molecule has 6 aromatic rings. The fourth-order valence-corrected chi connectivity index (χ4v) is 9.89. The molecule has 1 atom stereocenters. The Hall–Kier alpha value is -3.71. The van der Waals surface area contributed by atoms with Crippen molar-refractivity contribution in [3.05, 3.63) is 121 Å². The Balaban J connectivity index is 1.35. The molecule has 0 bridgehead atoms. The molecule has 208 valence electrons. The third kappa shape index (κ3) is 4.77. The van der Waals surface area contributed by atoms with E-state index in [1.807, 2.05) is 0 Å². The van der Waals surface area contributed by atoms with E-state index in [2.05, 4.69) is 131 Å². The highest BCUT2D eigenvalue weighted by Gasteiger charge is 2.32. The van der Waals surface area contributed by atoms with Crippen molar-refractivity contribution in [1.82, 2.24) is 4.90 Å². The van der Waals surface area contributed by atoms with E-state index in [0.717, 1.165) is 6.54 Å². The molecule has 3 heteroatoms. The standard InChI is InChI=1S/C39H37N2P/c1-3-13-32-26-35(20-17-29(32)10-1)42(36-21-18-30-11-2-4-14-33(30)27-36)38-22-19-31-12-5-6-16-37(31)39(38)41-25-9-15-34(41)28-40-23-7-8-24-40/h1-6,10-14,16-22,26-27,34H,7-9,15,23-25,28H2/t34-/m0/s1. The summed E-state index contributed by atoms with van der Waals surface area (Å²) in [7, 11) is -0.792. The lowest BCUT2D eigenvalue weighted by atomic mass is 10.1. The van der Waals surface area contributed by atoms with Gasteiger partial charge in [0.25, 0.3) is 0 Å². The molecule has 2 fully saturated rings. The summed E-state index contributed by atoms with van der Waals surface area (Å²) in [5, 5.41) is 12.3. The molecule has 0 amide bonds. The van der Waals surface area contributed by atoms with Gasteiger partial charge in [-0.1, -0.05) is 109 Å². The topological polar surface area (TPSA) is 6.48 Å². The number of hydrogen-bond donors (Lipinski definition) is 0. The van der Waals surface area contributed by atoms with Gasteiger partial charge in [-0.25, -0.2) is 0 Å². The van der Waals surface area contributed by atoms with Gasteiger partial charge in [0.15, 0.2) is 0 Å². The van der Waals surface area contributed by atoms with Crippen molar-refractivity contribution >= 4 is 61.8 Å². The number of rotatable bonds is 6. The number of benzene rings is 6. The first-order chi connectivity index (χ1) is 20.8. The first-order valence-electron chi connectivity index (χ1n) is 15.6. The Morgan fingerprint density at radius 1 is 0.548 bits per heavy atom. The zero-order chi connectivity index (χ0) is 27.9. The Kier molecular flexibility index (Phi) is 6.91. The molecule has 0 spiro atoms. The molecule has 2 heterocycles. The van der Waals surface area contributed by atoms with Gasteiger partial charge in [-0.15, -0.1) is 0 Å². The highest BCUT2D eigenvalue weighted by molar-refractivity contribution is 7.80. The first kappa shape index (κ1) is 26.0. The molecule has 2 saturated heterocycles. The van der Waals surface area contributed by atoms with Crippen molar-refractivity contribution in [3.8, 4) is 0 Å². The minimum Gasteiger partial charge on any atom is -0.366 e. The van der Waals surface area contributed by atoms with E-state index in [1.165, 1.54) is 99.2 Å². The predicted molar refractivity (Wildman–Crippen MR) is 184 cm³/mol. The third-order valence-electron chi connectivity index (χ3n) is 9.43. The van der Waals surface area contributed by atoms with Crippen LogP contribution in [-0.4, -0.2) is 37.1 Å². The van der Waals surface area contributed by atoms with E-state index in [-0.39, 0.29) is 0 Å². The van der Waals surface area contributed by atoms with Gasteiger partial charge in [0.1, 0.15) is 0 Å². The summed E-state index contributed by atoms with van der Waals surface area (Å²) in [4.78, 5) is 5.52. The normalized spacial score (nSPS) is 17.7. The van der Waals surface area contributed by atoms with Crippen LogP contribution >= 0.6 is 7.92 Å². The lowest BCUT2D eigenvalue weighted by Crippen LogP contribution is -2.41. The molecular weight excluding hydrogens is 527 g/mol. The monoisotopic (exact) mass is 564 g/mol. The minimum atomic E-state index is -0.792. The Morgan fingerprint density at radius 2 is 1.12 bits per heavy atom. The van der Waals surface area contributed by atoms with E-state index in [0.29, 0.717) is 6.04 Å². The van der Waals surface area contributed by atoms with Crippen LogP contribution in [0.1, 0.15) is 25.7 Å². The Bertz CT molecular complexity index is 1810. The molecule has 8 rings (SSSR count). The van der Waals surface area contributed by atoms with Crippen molar-refractivity contribution in [3.63, 3.8) is 0 Å². The summed E-state index contributed by atoms with van der Waals surface area (Å²) in [5.41, 5.74) is 1.47. The summed E-state index contributed by atoms with van der Waals surface area (Å²) >= 11 is 0. The van der Waals surface area contributed by atoms with Crippen LogP contribution < -0.4 is 20.8 Å². The predicted octanol–water partition coefficient (Wildman–Crippen LogP) is 7.97. The van der Waals surface area contributed by atoms with Crippen LogP contribution in [0.25, 0.3) is 32.3 Å². The Labute approximate surface area is 250 Å². The highest BCUT2D eigenvalue weighted by atomic mass is 31.1. The number of likely N-dealkylation sites (tertiary alicyclic amines) is 1. The molecule has 2 aliphatic heterocycles. The number of nitrogens with zero attached hydrogens (tertiary/aromatic N) is 2. The number of anilines is 1. The fourth-order valence-electron chi connectivity index (χ4n) is 7.37. The number of hydrogen-bond acceptors (Lipinski definition) is 2. The second kappa shape index (κ2) is 11.2. The maximum Gasteiger partial charge on any atom is 0.0533 e. The molecule has 6 aromatic carbocycles.